The van der Waals surface area contributed by atoms with E-state index in [-0.39, 0.29) is 5.84 Å². The van der Waals surface area contributed by atoms with Gasteiger partial charge >= 0.3 is 0 Å². The van der Waals surface area contributed by atoms with Gasteiger partial charge in [-0.15, -0.1) is 11.8 Å². The summed E-state index contributed by atoms with van der Waals surface area (Å²) < 4.78 is 0. The lowest BCUT2D eigenvalue weighted by atomic mass is 10.2. The molecule has 1 heterocycles. The molecule has 0 spiro atoms. The number of nitrogen functional groups attached to an aromatic ring is 1. The van der Waals surface area contributed by atoms with Gasteiger partial charge in [0.05, 0.1) is 5.03 Å². The lowest BCUT2D eigenvalue weighted by molar-refractivity contribution is 0.641. The van der Waals surface area contributed by atoms with E-state index in [1.165, 1.54) is 0 Å². The Balaban J connectivity index is 2.78. The number of hydrogen-bond donors (Lipinski definition) is 2. The Morgan fingerprint density at radius 1 is 1.47 bits per heavy atom. The third kappa shape index (κ3) is 3.55. The Morgan fingerprint density at radius 3 is 2.67 bits per heavy atom. The first-order valence-electron chi connectivity index (χ1n) is 4.98. The van der Waals surface area contributed by atoms with Crippen molar-refractivity contribution in [3.8, 4) is 0 Å². The van der Waals surface area contributed by atoms with Crippen LogP contribution in [0.15, 0.2) is 23.4 Å². The molecule has 82 valence electrons. The molecule has 0 amide bonds. The highest BCUT2D eigenvalue weighted by Crippen LogP contribution is 2.26. The Labute approximate surface area is 95.0 Å². The number of aromatic nitrogens is 1. The fraction of sp³-hybridized carbons (Fsp3) is 0.455. The zero-order valence-corrected chi connectivity index (χ0v) is 10.1. The van der Waals surface area contributed by atoms with Gasteiger partial charge in [0.25, 0.3) is 0 Å². The molecule has 1 aromatic heterocycles. The van der Waals surface area contributed by atoms with Crippen LogP contribution >= 0.6 is 11.8 Å². The lowest BCUT2D eigenvalue weighted by Gasteiger charge is -2.14. The molecule has 3 N–H and O–H groups in total. The first kappa shape index (κ1) is 12.0. The van der Waals surface area contributed by atoms with Crippen LogP contribution in [0.3, 0.4) is 0 Å². The van der Waals surface area contributed by atoms with Gasteiger partial charge in [0.1, 0.15) is 5.84 Å². The maximum Gasteiger partial charge on any atom is 0.122 e. The molecule has 0 fully saturated rings. The molecule has 0 aromatic carbocycles. The summed E-state index contributed by atoms with van der Waals surface area (Å²) in [6, 6.07) is 3.62. The van der Waals surface area contributed by atoms with Gasteiger partial charge in [-0.05, 0) is 18.1 Å². The van der Waals surface area contributed by atoms with Crippen molar-refractivity contribution in [3.05, 3.63) is 23.9 Å². The molecule has 0 saturated carbocycles. The lowest BCUT2D eigenvalue weighted by Crippen LogP contribution is -2.11. The molecule has 0 bridgehead atoms. The summed E-state index contributed by atoms with van der Waals surface area (Å²) in [6.07, 6.45) is 1.70. The molecule has 4 heteroatoms. The molecule has 1 unspecified atom stereocenters. The third-order valence-corrected chi connectivity index (χ3v) is 3.67. The van der Waals surface area contributed by atoms with E-state index in [0.29, 0.717) is 11.2 Å². The predicted octanol–water partition coefficient (Wildman–Crippen LogP) is 2.50. The van der Waals surface area contributed by atoms with Gasteiger partial charge in [-0.1, -0.05) is 20.8 Å². The van der Waals surface area contributed by atoms with Gasteiger partial charge in [0.2, 0.25) is 0 Å². The zero-order chi connectivity index (χ0) is 11.4. The van der Waals surface area contributed by atoms with Crippen LogP contribution in [-0.2, 0) is 0 Å². The molecule has 0 aliphatic rings. The van der Waals surface area contributed by atoms with Crippen molar-refractivity contribution in [3.63, 3.8) is 0 Å². The van der Waals surface area contributed by atoms with Crippen molar-refractivity contribution in [2.45, 2.75) is 31.0 Å². The van der Waals surface area contributed by atoms with E-state index in [9.17, 15) is 0 Å². The Bertz CT molecular complexity index is 349. The van der Waals surface area contributed by atoms with E-state index < -0.39 is 0 Å². The van der Waals surface area contributed by atoms with Gasteiger partial charge in [0, 0.05) is 17.0 Å². The van der Waals surface area contributed by atoms with Crippen LogP contribution in [0.2, 0.25) is 0 Å². The number of pyridine rings is 1. The summed E-state index contributed by atoms with van der Waals surface area (Å²) in [6.45, 7) is 6.55. The van der Waals surface area contributed by atoms with Crippen LogP contribution in [0, 0.1) is 11.3 Å². The van der Waals surface area contributed by atoms with Crippen LogP contribution in [0.5, 0.6) is 0 Å². The molecule has 15 heavy (non-hydrogen) atoms. The van der Waals surface area contributed by atoms with Crippen molar-refractivity contribution in [2.75, 3.05) is 0 Å². The summed E-state index contributed by atoms with van der Waals surface area (Å²) in [5.41, 5.74) is 6.16. The minimum atomic E-state index is 0.0939. The van der Waals surface area contributed by atoms with Crippen LogP contribution in [0.4, 0.5) is 0 Å². The smallest absolute Gasteiger partial charge is 0.122 e. The monoisotopic (exact) mass is 223 g/mol. The SMILES string of the molecule is CC(C)C(C)Sc1cc(C(=N)N)ccn1. The number of nitrogens with zero attached hydrogens (tertiary/aromatic N) is 1. The van der Waals surface area contributed by atoms with E-state index in [0.717, 1.165) is 10.6 Å². The topological polar surface area (TPSA) is 62.8 Å². The Morgan fingerprint density at radius 2 is 2.13 bits per heavy atom. The second kappa shape index (κ2) is 5.16. The quantitative estimate of drug-likeness (QED) is 0.468. The Hall–Kier alpha value is -1.03. The van der Waals surface area contributed by atoms with Gasteiger partial charge < -0.3 is 5.73 Å². The number of hydrogen-bond acceptors (Lipinski definition) is 3. The third-order valence-electron chi connectivity index (χ3n) is 2.29. The van der Waals surface area contributed by atoms with Crippen LogP contribution in [-0.4, -0.2) is 16.1 Å². The summed E-state index contributed by atoms with van der Waals surface area (Å²) in [5.74, 6) is 0.703. The number of nitrogens with one attached hydrogen (secondary N) is 1. The van der Waals surface area contributed by atoms with Gasteiger partial charge in [-0.3, -0.25) is 5.41 Å². The first-order valence-corrected chi connectivity index (χ1v) is 5.85. The number of nitrogens with two attached hydrogens (primary N) is 1. The average Bonchev–Trinajstić information content (AvgIpc) is 2.18. The molecule has 0 aliphatic carbocycles. The molecule has 0 radical (unpaired) electrons. The van der Waals surface area contributed by atoms with E-state index in [1.807, 2.05) is 6.07 Å². The zero-order valence-electron chi connectivity index (χ0n) is 9.32. The second-order valence-corrected chi connectivity index (χ2v) is 5.26. The maximum atomic E-state index is 7.34. The molecular weight excluding hydrogens is 206 g/mol. The van der Waals surface area contributed by atoms with Crippen molar-refractivity contribution >= 4 is 17.6 Å². The minimum Gasteiger partial charge on any atom is -0.384 e. The highest BCUT2D eigenvalue weighted by atomic mass is 32.2. The van der Waals surface area contributed by atoms with Crippen LogP contribution in [0.25, 0.3) is 0 Å². The van der Waals surface area contributed by atoms with E-state index in [1.54, 1.807) is 24.0 Å². The second-order valence-electron chi connectivity index (χ2n) is 3.86. The molecule has 0 aliphatic heterocycles. The van der Waals surface area contributed by atoms with Gasteiger partial charge in [-0.2, -0.15) is 0 Å². The van der Waals surface area contributed by atoms with Gasteiger partial charge in [0.15, 0.2) is 0 Å². The largest absolute Gasteiger partial charge is 0.384 e. The van der Waals surface area contributed by atoms with Crippen molar-refractivity contribution < 1.29 is 0 Å². The van der Waals surface area contributed by atoms with Crippen LogP contribution < -0.4 is 5.73 Å². The molecular formula is C11H17N3S. The summed E-state index contributed by atoms with van der Waals surface area (Å²) in [4.78, 5) is 4.25. The summed E-state index contributed by atoms with van der Waals surface area (Å²) in [7, 11) is 0. The maximum absolute atomic E-state index is 7.34. The highest BCUT2D eigenvalue weighted by Gasteiger charge is 2.10. The highest BCUT2D eigenvalue weighted by molar-refractivity contribution is 7.99. The number of amidine groups is 1. The molecule has 1 atom stereocenters. The van der Waals surface area contributed by atoms with E-state index >= 15 is 0 Å². The first-order chi connectivity index (χ1) is 7.00. The standard InChI is InChI=1S/C11H17N3S/c1-7(2)8(3)15-10-6-9(11(12)13)4-5-14-10/h4-8H,1-3H3,(H3,12,13). The molecule has 1 aromatic rings. The van der Waals surface area contributed by atoms with Crippen molar-refractivity contribution in [1.82, 2.24) is 4.98 Å². The van der Waals surface area contributed by atoms with Gasteiger partial charge in [-0.25, -0.2) is 4.98 Å². The van der Waals surface area contributed by atoms with E-state index in [4.69, 9.17) is 11.1 Å². The van der Waals surface area contributed by atoms with Crippen LogP contribution in [0.1, 0.15) is 26.3 Å². The molecule has 1 rings (SSSR count). The number of rotatable bonds is 4. The van der Waals surface area contributed by atoms with E-state index in [2.05, 4.69) is 25.8 Å². The summed E-state index contributed by atoms with van der Waals surface area (Å²) in [5, 5.41) is 8.79. The van der Waals surface area contributed by atoms with Crippen molar-refractivity contribution in [1.29, 1.82) is 5.41 Å². The average molecular weight is 223 g/mol. The molecule has 3 nitrogen and oxygen atoms in total. The minimum absolute atomic E-state index is 0.0939. The normalized spacial score (nSPS) is 12.8. The molecule has 0 saturated heterocycles. The Kier molecular flexibility index (Phi) is 4.15. The predicted molar refractivity (Wildman–Crippen MR) is 65.4 cm³/mol. The summed E-state index contributed by atoms with van der Waals surface area (Å²) >= 11 is 1.72. The fourth-order valence-corrected chi connectivity index (χ4v) is 1.94. The fourth-order valence-electron chi connectivity index (χ4n) is 0.968. The number of thioether (sulfide) groups is 1. The van der Waals surface area contributed by atoms with Crippen molar-refractivity contribution in [2.24, 2.45) is 11.7 Å².